The minimum atomic E-state index is -0.337. The summed E-state index contributed by atoms with van der Waals surface area (Å²) in [7, 11) is 0. The van der Waals surface area contributed by atoms with E-state index in [0.717, 1.165) is 12.0 Å². The Morgan fingerprint density at radius 1 is 1.44 bits per heavy atom. The van der Waals surface area contributed by atoms with Crippen LogP contribution in [0, 0.1) is 5.92 Å². The summed E-state index contributed by atoms with van der Waals surface area (Å²) in [6, 6.07) is 7.63. The smallest absolute Gasteiger partial charge is 0.0623 e. The third-order valence-corrected chi connectivity index (χ3v) is 3.50. The van der Waals surface area contributed by atoms with Crippen molar-refractivity contribution in [2.24, 2.45) is 11.7 Å². The quantitative estimate of drug-likeness (QED) is 0.830. The molecule has 0 amide bonds. The molecule has 1 aliphatic rings. The second kappa shape index (κ2) is 5.17. The van der Waals surface area contributed by atoms with Gasteiger partial charge in [0.05, 0.1) is 6.10 Å². The van der Waals surface area contributed by atoms with Gasteiger partial charge < -0.3 is 10.8 Å². The summed E-state index contributed by atoms with van der Waals surface area (Å²) in [6.07, 6.45) is 3.04. The fourth-order valence-corrected chi connectivity index (χ4v) is 2.31. The second-order valence-corrected chi connectivity index (χ2v) is 5.08. The molecule has 0 aliphatic heterocycles. The molecule has 1 fully saturated rings. The van der Waals surface area contributed by atoms with Crippen LogP contribution in [-0.2, 0) is 0 Å². The van der Waals surface area contributed by atoms with E-state index < -0.39 is 0 Å². The van der Waals surface area contributed by atoms with E-state index in [0.29, 0.717) is 17.5 Å². The minimum absolute atomic E-state index is 0.0132. The first kappa shape index (κ1) is 11.9. The standard InChI is InChI=1S/C13H18ClNO/c14-11-3-1-2-10(7-11)12(8-15)13(16)6-9-4-5-9/h1-3,7,9,12-13,16H,4-6,8,15H2. The average molecular weight is 240 g/mol. The molecule has 1 aliphatic carbocycles. The number of hydrogen-bond donors (Lipinski definition) is 2. The number of rotatable bonds is 5. The summed E-state index contributed by atoms with van der Waals surface area (Å²) >= 11 is 5.95. The Labute approximate surface area is 101 Å². The second-order valence-electron chi connectivity index (χ2n) is 4.64. The fourth-order valence-electron chi connectivity index (χ4n) is 2.11. The Morgan fingerprint density at radius 2 is 2.19 bits per heavy atom. The molecule has 1 saturated carbocycles. The van der Waals surface area contributed by atoms with Gasteiger partial charge in [0.15, 0.2) is 0 Å². The molecule has 2 atom stereocenters. The Hall–Kier alpha value is -0.570. The molecule has 2 unspecified atom stereocenters. The third kappa shape index (κ3) is 2.97. The van der Waals surface area contributed by atoms with Gasteiger partial charge in [-0.25, -0.2) is 0 Å². The van der Waals surface area contributed by atoms with E-state index in [1.165, 1.54) is 12.8 Å². The minimum Gasteiger partial charge on any atom is -0.392 e. The van der Waals surface area contributed by atoms with E-state index in [4.69, 9.17) is 17.3 Å². The maximum atomic E-state index is 10.1. The summed E-state index contributed by atoms with van der Waals surface area (Å²) in [6.45, 7) is 0.466. The van der Waals surface area contributed by atoms with Crippen molar-refractivity contribution < 1.29 is 5.11 Å². The predicted octanol–water partition coefficient (Wildman–Crippen LogP) is 2.54. The van der Waals surface area contributed by atoms with Crippen LogP contribution in [0.3, 0.4) is 0 Å². The van der Waals surface area contributed by atoms with Crippen molar-refractivity contribution in [3.8, 4) is 0 Å². The van der Waals surface area contributed by atoms with Gasteiger partial charge in [-0.1, -0.05) is 36.6 Å². The SMILES string of the molecule is NCC(c1cccc(Cl)c1)C(O)CC1CC1. The first-order chi connectivity index (χ1) is 7.70. The van der Waals surface area contributed by atoms with Crippen molar-refractivity contribution in [3.63, 3.8) is 0 Å². The van der Waals surface area contributed by atoms with Gasteiger partial charge in [-0.15, -0.1) is 0 Å². The molecule has 0 aromatic heterocycles. The molecule has 2 nitrogen and oxygen atoms in total. The summed E-state index contributed by atoms with van der Waals surface area (Å²) in [5, 5.41) is 10.8. The van der Waals surface area contributed by atoms with E-state index in [-0.39, 0.29) is 12.0 Å². The van der Waals surface area contributed by atoms with E-state index in [1.807, 2.05) is 24.3 Å². The molecule has 1 aromatic carbocycles. The largest absolute Gasteiger partial charge is 0.392 e. The van der Waals surface area contributed by atoms with Gasteiger partial charge in [0.25, 0.3) is 0 Å². The third-order valence-electron chi connectivity index (χ3n) is 3.27. The van der Waals surface area contributed by atoms with Crippen molar-refractivity contribution >= 4 is 11.6 Å². The number of nitrogens with two attached hydrogens (primary N) is 1. The highest BCUT2D eigenvalue weighted by Crippen LogP contribution is 2.36. The summed E-state index contributed by atoms with van der Waals surface area (Å²) in [4.78, 5) is 0. The molecule has 0 bridgehead atoms. The van der Waals surface area contributed by atoms with E-state index in [9.17, 15) is 5.11 Å². The van der Waals surface area contributed by atoms with Gasteiger partial charge >= 0.3 is 0 Å². The maximum absolute atomic E-state index is 10.1. The van der Waals surface area contributed by atoms with Crippen LogP contribution >= 0.6 is 11.6 Å². The lowest BCUT2D eigenvalue weighted by molar-refractivity contribution is 0.129. The maximum Gasteiger partial charge on any atom is 0.0623 e. The van der Waals surface area contributed by atoms with E-state index in [1.54, 1.807) is 0 Å². The molecule has 3 N–H and O–H groups in total. The number of benzene rings is 1. The van der Waals surface area contributed by atoms with Crippen LogP contribution in [0.1, 0.15) is 30.7 Å². The average Bonchev–Trinajstić information content (AvgIpc) is 3.03. The van der Waals surface area contributed by atoms with Gasteiger partial charge in [-0.2, -0.15) is 0 Å². The topological polar surface area (TPSA) is 46.2 Å². The van der Waals surface area contributed by atoms with Crippen molar-refractivity contribution in [1.29, 1.82) is 0 Å². The molecule has 0 saturated heterocycles. The van der Waals surface area contributed by atoms with Crippen LogP contribution in [0.15, 0.2) is 24.3 Å². The molecule has 0 spiro atoms. The number of hydrogen-bond acceptors (Lipinski definition) is 2. The molecule has 16 heavy (non-hydrogen) atoms. The molecule has 0 heterocycles. The van der Waals surface area contributed by atoms with Gasteiger partial charge in [-0.05, 0) is 30.0 Å². The van der Waals surface area contributed by atoms with Crippen molar-refractivity contribution in [2.45, 2.75) is 31.3 Å². The lowest BCUT2D eigenvalue weighted by atomic mass is 9.90. The Kier molecular flexibility index (Phi) is 3.85. The summed E-state index contributed by atoms with van der Waals surface area (Å²) < 4.78 is 0. The van der Waals surface area contributed by atoms with Gasteiger partial charge in [-0.3, -0.25) is 0 Å². The van der Waals surface area contributed by atoms with Crippen LogP contribution in [-0.4, -0.2) is 17.8 Å². The first-order valence-corrected chi connectivity index (χ1v) is 6.22. The lowest BCUT2D eigenvalue weighted by Crippen LogP contribution is -2.26. The van der Waals surface area contributed by atoms with Crippen LogP contribution < -0.4 is 5.73 Å². The van der Waals surface area contributed by atoms with Gasteiger partial charge in [0, 0.05) is 17.5 Å². The number of aliphatic hydroxyl groups excluding tert-OH is 1. The van der Waals surface area contributed by atoms with Crippen molar-refractivity contribution in [3.05, 3.63) is 34.9 Å². The summed E-state index contributed by atoms with van der Waals surface area (Å²) in [5.74, 6) is 0.725. The highest BCUT2D eigenvalue weighted by molar-refractivity contribution is 6.30. The summed E-state index contributed by atoms with van der Waals surface area (Å²) in [5.41, 5.74) is 6.79. The van der Waals surface area contributed by atoms with Crippen LogP contribution in [0.2, 0.25) is 5.02 Å². The first-order valence-electron chi connectivity index (χ1n) is 5.84. The van der Waals surface area contributed by atoms with E-state index >= 15 is 0 Å². The monoisotopic (exact) mass is 239 g/mol. The van der Waals surface area contributed by atoms with E-state index in [2.05, 4.69) is 0 Å². The highest BCUT2D eigenvalue weighted by atomic mass is 35.5. The molecule has 2 rings (SSSR count). The normalized spacial score (nSPS) is 19.4. The number of aliphatic hydroxyl groups is 1. The molecule has 88 valence electrons. The zero-order valence-electron chi connectivity index (χ0n) is 9.27. The van der Waals surface area contributed by atoms with Crippen molar-refractivity contribution in [1.82, 2.24) is 0 Å². The molecule has 1 aromatic rings. The van der Waals surface area contributed by atoms with Crippen LogP contribution in [0.25, 0.3) is 0 Å². The van der Waals surface area contributed by atoms with Gasteiger partial charge in [0.1, 0.15) is 0 Å². The zero-order chi connectivity index (χ0) is 11.5. The molecular formula is C13H18ClNO. The fraction of sp³-hybridized carbons (Fsp3) is 0.538. The molecular weight excluding hydrogens is 222 g/mol. The Morgan fingerprint density at radius 3 is 2.75 bits per heavy atom. The molecule has 0 radical (unpaired) electrons. The van der Waals surface area contributed by atoms with Gasteiger partial charge in [0.2, 0.25) is 0 Å². The Balaban J connectivity index is 2.07. The van der Waals surface area contributed by atoms with Crippen molar-refractivity contribution in [2.75, 3.05) is 6.54 Å². The predicted molar refractivity (Wildman–Crippen MR) is 66.6 cm³/mol. The Bertz CT molecular complexity index is 352. The van der Waals surface area contributed by atoms with Crippen LogP contribution in [0.4, 0.5) is 0 Å². The number of halogens is 1. The highest BCUT2D eigenvalue weighted by Gasteiger charge is 2.29. The lowest BCUT2D eigenvalue weighted by Gasteiger charge is -2.22. The van der Waals surface area contributed by atoms with Crippen LogP contribution in [0.5, 0.6) is 0 Å². The zero-order valence-corrected chi connectivity index (χ0v) is 10.0. The molecule has 3 heteroatoms.